The van der Waals surface area contributed by atoms with E-state index in [-0.39, 0.29) is 25.4 Å². The number of carboxylic acids is 1. The van der Waals surface area contributed by atoms with Crippen LogP contribution in [-0.2, 0) is 76.1 Å². The number of aliphatic hydroxyl groups excluding tert-OH is 11. The molecule has 0 unspecified atom stereocenters. The zero-order chi connectivity index (χ0) is 65.6. The molecule has 0 radical (unpaired) electrons. The first-order valence-electron chi connectivity index (χ1n) is 30.7. The minimum atomic E-state index is -2.29. The Bertz CT molecular complexity index is 2670. The van der Waals surface area contributed by atoms with Crippen LogP contribution in [0.4, 0.5) is 0 Å². The number of carboxylic acid groups (broad SMARTS) is 1. The van der Waals surface area contributed by atoms with Crippen molar-refractivity contribution in [2.75, 3.05) is 26.4 Å². The van der Waals surface area contributed by atoms with Gasteiger partial charge in [0.25, 0.3) is 0 Å². The molecule has 28 nitrogen and oxygen atoms in total. The van der Waals surface area contributed by atoms with Gasteiger partial charge in [0.2, 0.25) is 0 Å². The first kappa shape index (κ1) is 69.6. The Labute approximate surface area is 515 Å². The van der Waals surface area contributed by atoms with Crippen molar-refractivity contribution in [3.63, 3.8) is 0 Å². The summed E-state index contributed by atoms with van der Waals surface area (Å²) in [6.45, 7) is 15.3. The molecule has 0 spiro atoms. The van der Waals surface area contributed by atoms with Crippen LogP contribution >= 0.6 is 0 Å². The van der Waals surface area contributed by atoms with Crippen LogP contribution in [0.25, 0.3) is 0 Å². The molecule has 0 aromatic rings. The van der Waals surface area contributed by atoms with Gasteiger partial charge in [-0.2, -0.15) is 0 Å². The highest BCUT2D eigenvalue weighted by atomic mass is 16.8. The lowest BCUT2D eigenvalue weighted by Gasteiger charge is -2.72. The fourth-order valence-electron chi connectivity index (χ4n) is 17.2. The number of hydrogen-bond acceptors (Lipinski definition) is 27. The van der Waals surface area contributed by atoms with E-state index in [0.717, 1.165) is 11.9 Å². The number of aliphatic hydroxyl groups is 11. The third-order valence-corrected chi connectivity index (χ3v) is 22.5. The number of hydrogen-bond donors (Lipinski definition) is 12. The molecular weight excluding hydrogens is 1180 g/mol. The molecule has 0 bridgehead atoms. The number of aliphatic carboxylic acids is 1. The Kier molecular flexibility index (Phi) is 20.2. The molecule has 28 heteroatoms. The number of esters is 3. The second-order valence-electron chi connectivity index (χ2n) is 27.9. The first-order valence-corrected chi connectivity index (χ1v) is 30.7. The van der Waals surface area contributed by atoms with Crippen LogP contribution in [0, 0.1) is 50.2 Å². The monoisotopic (exact) mass is 1270 g/mol. The number of carbonyl (C=O) groups is 5. The van der Waals surface area contributed by atoms with E-state index in [2.05, 4.69) is 26.8 Å². The molecule has 89 heavy (non-hydrogen) atoms. The Hall–Kier alpha value is -3.73. The summed E-state index contributed by atoms with van der Waals surface area (Å²) in [5.41, 5.74) is -4.65. The number of allylic oxidation sites excluding steroid dienone is 3. The van der Waals surface area contributed by atoms with Gasteiger partial charge >= 0.3 is 23.9 Å². The number of rotatable bonds is 16. The molecule has 0 amide bonds. The zero-order valence-corrected chi connectivity index (χ0v) is 51.8. The molecule has 12 N–H and O–H groups in total. The summed E-state index contributed by atoms with van der Waals surface area (Å²) in [7, 11) is 0. The van der Waals surface area contributed by atoms with Crippen LogP contribution in [0.5, 0.6) is 0 Å². The second-order valence-corrected chi connectivity index (χ2v) is 27.9. The highest BCUT2D eigenvalue weighted by Crippen LogP contribution is 2.76. The maximum atomic E-state index is 14.3. The fraction of sp³-hybridized carbons (Fsp3) is 0.852. The Morgan fingerprint density at radius 3 is 1.90 bits per heavy atom. The van der Waals surface area contributed by atoms with Gasteiger partial charge in [-0.25, -0.2) is 9.59 Å². The van der Waals surface area contributed by atoms with Gasteiger partial charge in [-0.15, -0.1) is 0 Å². The minimum Gasteiger partial charge on any atom is -0.479 e. The van der Waals surface area contributed by atoms with Crippen molar-refractivity contribution < 1.29 is 137 Å². The molecule has 4 heterocycles. The lowest BCUT2D eigenvalue weighted by Crippen LogP contribution is -2.72. The standard InChI is InChI=1S/C61H92O28/c1-11-25(2)51(78)89-49-48(75)61(24-81-26(3)64)29(18-56(49,5)6)28-12-13-34-57(7)16-15-35(58(8,23-63)33(57)14-17-59(34,9)60(28,10)19-36(61)82-27(4)65)84-55-47(88-53-42(73)40(71)39(70)32(20-62)83-53)44(43(74)45(86-55)50(76)77)85-54-46(38(69)31(67)22-80-54)87-52-41(72)37(68)30(66)21-79-52/h11-12,23,29-49,52-55,62,66-75H,13-22,24H2,1-10H3,(H,76,77)/b25-11-/t29-,30+,31-,32+,33+,34+,35-,36+,37-,38-,39-,40-,41+,42+,43-,44-,45-,46+,47+,48-,49-,52-,53-,54-,55+,57-,58-,59+,60+,61-/m0/s1. The molecule has 30 atom stereocenters. The van der Waals surface area contributed by atoms with Gasteiger partial charge < -0.3 is 118 Å². The molecule has 504 valence electrons. The highest BCUT2D eigenvalue weighted by Gasteiger charge is 2.75. The molecule has 0 aromatic carbocycles. The first-order chi connectivity index (χ1) is 41.6. The lowest BCUT2D eigenvalue weighted by molar-refractivity contribution is -0.398. The summed E-state index contributed by atoms with van der Waals surface area (Å²) in [4.78, 5) is 67.1. The highest BCUT2D eigenvalue weighted by molar-refractivity contribution is 5.87. The van der Waals surface area contributed by atoms with Crippen molar-refractivity contribution in [1.29, 1.82) is 0 Å². The van der Waals surface area contributed by atoms with Crippen LogP contribution in [-0.4, -0.2) is 253 Å². The predicted octanol–water partition coefficient (Wildman–Crippen LogP) is -1.44. The fourth-order valence-corrected chi connectivity index (χ4v) is 17.2. The van der Waals surface area contributed by atoms with Gasteiger partial charge in [0, 0.05) is 24.8 Å². The Balaban J connectivity index is 1.07. The molecule has 9 rings (SSSR count). The van der Waals surface area contributed by atoms with E-state index in [4.69, 9.17) is 52.1 Å². The van der Waals surface area contributed by atoms with E-state index in [9.17, 15) is 85.3 Å². The third-order valence-electron chi connectivity index (χ3n) is 22.5. The third kappa shape index (κ3) is 11.9. The van der Waals surface area contributed by atoms with E-state index in [1.165, 1.54) is 13.8 Å². The van der Waals surface area contributed by atoms with Crippen LogP contribution in [0.2, 0.25) is 0 Å². The van der Waals surface area contributed by atoms with Crippen molar-refractivity contribution in [1.82, 2.24) is 0 Å². The van der Waals surface area contributed by atoms with Crippen molar-refractivity contribution in [2.24, 2.45) is 50.2 Å². The summed E-state index contributed by atoms with van der Waals surface area (Å²) in [6, 6.07) is 0. The molecule has 5 aliphatic carbocycles. The zero-order valence-electron chi connectivity index (χ0n) is 51.8. The number of carbonyl (C=O) groups excluding carboxylic acids is 4. The minimum absolute atomic E-state index is 0.0912. The SMILES string of the molecule is C/C=C(/C)C(=O)O[C@H]1[C@H](O)[C@]2(COC(C)=O)[C@H](OC(C)=O)C[C@]3(C)C(=CC[C@@H]4[C@@]5(C)CC[C@H](O[C@@H]6O[C@H](C(=O)O)[C@@H](O)[C@H](O[C@@H]7OC[C@H](O)[C@H](O)[C@H]7O[C@@H]7OC[C@@H](O)[C@H](O)[C@H]7O)[C@H]6O[C@@H]6O[C@H](CO)[C@H](O)[C@H](O)[C@H]6O)[C@@](C)(C=O)[C@@H]5CC[C@]43C)[C@@H]2CC1(C)C. The van der Waals surface area contributed by atoms with Crippen molar-refractivity contribution >= 4 is 30.2 Å². The largest absolute Gasteiger partial charge is 0.479 e. The smallest absolute Gasteiger partial charge is 0.335 e. The summed E-state index contributed by atoms with van der Waals surface area (Å²) in [6.07, 6.45) is -32.9. The van der Waals surface area contributed by atoms with Crippen LogP contribution in [0.3, 0.4) is 0 Å². The predicted molar refractivity (Wildman–Crippen MR) is 298 cm³/mol. The van der Waals surface area contributed by atoms with Gasteiger partial charge in [-0.1, -0.05) is 59.3 Å². The molecule has 4 aliphatic heterocycles. The van der Waals surface area contributed by atoms with Crippen molar-refractivity contribution in [3.8, 4) is 0 Å². The van der Waals surface area contributed by atoms with Gasteiger partial charge in [-0.05, 0) is 92.8 Å². The van der Waals surface area contributed by atoms with E-state index < -0.39 is 223 Å². The Morgan fingerprint density at radius 1 is 0.652 bits per heavy atom. The average molecular weight is 1270 g/mol. The topological polar surface area (TPSA) is 430 Å². The second kappa shape index (κ2) is 25.9. The summed E-state index contributed by atoms with van der Waals surface area (Å²) >= 11 is 0. The quantitative estimate of drug-likeness (QED) is 0.0210. The molecule has 8 fully saturated rings. The van der Waals surface area contributed by atoms with Crippen LogP contribution in [0.15, 0.2) is 23.3 Å². The van der Waals surface area contributed by atoms with Gasteiger partial charge in [0.15, 0.2) is 31.3 Å². The van der Waals surface area contributed by atoms with Crippen LogP contribution < -0.4 is 0 Å². The summed E-state index contributed by atoms with van der Waals surface area (Å²) in [5.74, 6) is -4.97. The van der Waals surface area contributed by atoms with Crippen molar-refractivity contribution in [3.05, 3.63) is 23.3 Å². The van der Waals surface area contributed by atoms with Gasteiger partial charge in [0.05, 0.1) is 36.8 Å². The molecule has 4 saturated heterocycles. The van der Waals surface area contributed by atoms with Crippen molar-refractivity contribution in [2.45, 2.75) is 249 Å². The lowest BCUT2D eigenvalue weighted by atomic mass is 9.33. The number of fused-ring (bicyclic) bond motifs is 7. The van der Waals surface area contributed by atoms with Gasteiger partial charge in [-0.3, -0.25) is 9.59 Å². The average Bonchev–Trinajstić information content (AvgIpc) is 0.693. The summed E-state index contributed by atoms with van der Waals surface area (Å²) < 4.78 is 66.6. The van der Waals surface area contributed by atoms with E-state index in [1.54, 1.807) is 26.8 Å². The summed E-state index contributed by atoms with van der Waals surface area (Å²) in [5, 5.41) is 132. The molecule has 4 saturated carbocycles. The van der Waals surface area contributed by atoms with E-state index in [0.29, 0.717) is 37.7 Å². The van der Waals surface area contributed by atoms with Crippen LogP contribution in [0.1, 0.15) is 114 Å². The number of aldehydes is 1. The molecular formula is C61H92O28. The van der Waals surface area contributed by atoms with Gasteiger partial charge in [0.1, 0.15) is 111 Å². The Morgan fingerprint density at radius 2 is 1.28 bits per heavy atom. The maximum Gasteiger partial charge on any atom is 0.335 e. The van der Waals surface area contributed by atoms with E-state index in [1.807, 2.05) is 13.8 Å². The molecule has 9 aliphatic rings. The van der Waals surface area contributed by atoms with E-state index >= 15 is 0 Å². The normalized spacial score (nSPS) is 49.7. The number of ether oxygens (including phenoxy) is 11. The maximum absolute atomic E-state index is 14.3. The molecule has 0 aromatic heterocycles.